The van der Waals surface area contributed by atoms with E-state index in [4.69, 9.17) is 0 Å². The Hall–Kier alpha value is -1.51. The van der Waals surface area contributed by atoms with Gasteiger partial charge in [0.1, 0.15) is 0 Å². The Morgan fingerprint density at radius 2 is 1.90 bits per heavy atom. The first-order chi connectivity index (χ1) is 10.3. The number of para-hydroxylation sites is 1. The van der Waals surface area contributed by atoms with E-state index < -0.39 is 0 Å². The summed E-state index contributed by atoms with van der Waals surface area (Å²) in [6.45, 7) is 3.86. The molecule has 1 aromatic carbocycles. The van der Waals surface area contributed by atoms with Crippen LogP contribution in [0.5, 0.6) is 0 Å². The zero-order chi connectivity index (χ0) is 14.9. The van der Waals surface area contributed by atoms with E-state index in [9.17, 15) is 4.79 Å². The average Bonchev–Trinajstić information content (AvgIpc) is 2.53. The molecule has 0 unspecified atom stereocenters. The number of anilines is 1. The number of carbonyl (C=O) groups is 1. The van der Waals surface area contributed by atoms with Gasteiger partial charge in [-0.3, -0.25) is 4.90 Å². The summed E-state index contributed by atoms with van der Waals surface area (Å²) in [7, 11) is 0. The number of carbonyl (C=O) groups excluding carboxylic acids is 1. The zero-order valence-corrected chi connectivity index (χ0v) is 13.2. The summed E-state index contributed by atoms with van der Waals surface area (Å²) in [5, 5.41) is 3.07. The van der Waals surface area contributed by atoms with Crippen molar-refractivity contribution >= 4 is 11.7 Å². The fourth-order valence-corrected chi connectivity index (χ4v) is 2.94. The Balaban J connectivity index is 1.72. The molecular formula is C18H28N2O. The number of nitrogens with one attached hydrogen (secondary N) is 1. The molecule has 0 spiro atoms. The lowest BCUT2D eigenvalue weighted by atomic mass is 10.0. The van der Waals surface area contributed by atoms with Gasteiger partial charge in [0.15, 0.2) is 0 Å². The van der Waals surface area contributed by atoms with E-state index in [0.29, 0.717) is 0 Å². The lowest BCUT2D eigenvalue weighted by Gasteiger charge is -2.29. The Labute approximate surface area is 128 Å². The molecule has 0 radical (unpaired) electrons. The average molecular weight is 288 g/mol. The molecule has 0 atom stereocenters. The Bertz CT molecular complexity index is 445. The molecule has 0 aliphatic carbocycles. The molecule has 116 valence electrons. The number of hydrogen-bond acceptors (Lipinski definition) is 1. The second kappa shape index (κ2) is 8.71. The van der Waals surface area contributed by atoms with Gasteiger partial charge in [0.2, 0.25) is 0 Å². The van der Waals surface area contributed by atoms with Gasteiger partial charge in [-0.15, -0.1) is 0 Å². The molecule has 0 bridgehead atoms. The molecular weight excluding hydrogens is 260 g/mol. The minimum Gasteiger partial charge on any atom is -0.338 e. The van der Waals surface area contributed by atoms with E-state index in [-0.39, 0.29) is 6.03 Å². The van der Waals surface area contributed by atoms with Gasteiger partial charge < -0.3 is 5.32 Å². The molecule has 1 aliphatic heterocycles. The number of benzene rings is 1. The van der Waals surface area contributed by atoms with Crippen LogP contribution in [0.1, 0.15) is 57.4 Å². The van der Waals surface area contributed by atoms with E-state index >= 15 is 0 Å². The van der Waals surface area contributed by atoms with Gasteiger partial charge in [-0.05, 0) is 30.9 Å². The number of amides is 2. The maximum atomic E-state index is 12.3. The van der Waals surface area contributed by atoms with Crippen LogP contribution in [-0.2, 0) is 6.42 Å². The first kappa shape index (κ1) is 15.9. The standard InChI is InChI=1S/C18H28N2O/c1-2-3-4-5-6-9-14-19-18(21)20-15-10-12-16-11-7-8-13-17(16)20/h7-8,11,13H,2-6,9-10,12,14-15H2,1H3,(H,19,21). The van der Waals surface area contributed by atoms with E-state index in [1.807, 2.05) is 11.0 Å². The van der Waals surface area contributed by atoms with Crippen molar-refractivity contribution in [1.82, 2.24) is 5.32 Å². The van der Waals surface area contributed by atoms with Crippen LogP contribution in [0.15, 0.2) is 24.3 Å². The fourth-order valence-electron chi connectivity index (χ4n) is 2.94. The van der Waals surface area contributed by atoms with E-state index in [0.717, 1.165) is 38.0 Å². The van der Waals surface area contributed by atoms with Crippen molar-refractivity contribution in [1.29, 1.82) is 0 Å². The molecule has 2 rings (SSSR count). The highest BCUT2D eigenvalue weighted by Gasteiger charge is 2.21. The SMILES string of the molecule is CCCCCCCCNC(=O)N1CCCc2ccccc21. The smallest absolute Gasteiger partial charge is 0.321 e. The van der Waals surface area contributed by atoms with Crippen LogP contribution in [0.4, 0.5) is 10.5 Å². The fraction of sp³-hybridized carbons (Fsp3) is 0.611. The molecule has 0 fully saturated rings. The van der Waals surface area contributed by atoms with Gasteiger partial charge in [-0.25, -0.2) is 4.79 Å². The lowest BCUT2D eigenvalue weighted by molar-refractivity contribution is 0.245. The number of aryl methyl sites for hydroxylation is 1. The number of rotatable bonds is 7. The Kier molecular flexibility index (Phi) is 6.58. The van der Waals surface area contributed by atoms with Crippen molar-refractivity contribution in [2.45, 2.75) is 58.3 Å². The van der Waals surface area contributed by atoms with Crippen molar-refractivity contribution in [2.75, 3.05) is 18.0 Å². The summed E-state index contributed by atoms with van der Waals surface area (Å²) in [5.41, 5.74) is 2.38. The number of nitrogens with zero attached hydrogens (tertiary/aromatic N) is 1. The third kappa shape index (κ3) is 4.76. The highest BCUT2D eigenvalue weighted by atomic mass is 16.2. The second-order valence-corrected chi connectivity index (χ2v) is 5.88. The topological polar surface area (TPSA) is 32.3 Å². The molecule has 3 heteroatoms. The molecule has 1 aliphatic rings. The monoisotopic (exact) mass is 288 g/mol. The minimum absolute atomic E-state index is 0.0655. The molecule has 2 amide bonds. The summed E-state index contributed by atoms with van der Waals surface area (Å²) in [4.78, 5) is 14.2. The summed E-state index contributed by atoms with van der Waals surface area (Å²) in [6.07, 6.45) is 9.67. The van der Waals surface area contributed by atoms with Crippen molar-refractivity contribution in [3.8, 4) is 0 Å². The summed E-state index contributed by atoms with van der Waals surface area (Å²) < 4.78 is 0. The minimum atomic E-state index is 0.0655. The molecule has 1 N–H and O–H groups in total. The summed E-state index contributed by atoms with van der Waals surface area (Å²) in [6, 6.07) is 8.31. The predicted octanol–water partition coefficient (Wildman–Crippen LogP) is 4.51. The van der Waals surface area contributed by atoms with Gasteiger partial charge in [0, 0.05) is 18.8 Å². The van der Waals surface area contributed by atoms with Crippen LogP contribution in [0.2, 0.25) is 0 Å². The van der Waals surface area contributed by atoms with Gasteiger partial charge >= 0.3 is 6.03 Å². The van der Waals surface area contributed by atoms with Crippen molar-refractivity contribution in [2.24, 2.45) is 0 Å². The molecule has 0 saturated heterocycles. The first-order valence-corrected chi connectivity index (χ1v) is 8.46. The van der Waals surface area contributed by atoms with Gasteiger partial charge in [-0.1, -0.05) is 57.2 Å². The predicted molar refractivity (Wildman–Crippen MR) is 88.9 cm³/mol. The Morgan fingerprint density at radius 1 is 1.14 bits per heavy atom. The van der Waals surface area contributed by atoms with Crippen LogP contribution in [0.25, 0.3) is 0 Å². The molecule has 21 heavy (non-hydrogen) atoms. The largest absolute Gasteiger partial charge is 0.338 e. The maximum absolute atomic E-state index is 12.3. The first-order valence-electron chi connectivity index (χ1n) is 8.46. The highest BCUT2D eigenvalue weighted by Crippen LogP contribution is 2.26. The van der Waals surface area contributed by atoms with Crippen LogP contribution in [0.3, 0.4) is 0 Å². The van der Waals surface area contributed by atoms with Crippen molar-refractivity contribution in [3.63, 3.8) is 0 Å². The third-order valence-electron chi connectivity index (χ3n) is 4.16. The molecule has 1 aromatic rings. The Morgan fingerprint density at radius 3 is 2.76 bits per heavy atom. The van der Waals surface area contributed by atoms with Gasteiger partial charge in [0.05, 0.1) is 0 Å². The van der Waals surface area contributed by atoms with E-state index in [2.05, 4.69) is 30.4 Å². The molecule has 0 saturated carbocycles. The zero-order valence-electron chi connectivity index (χ0n) is 13.2. The number of fused-ring (bicyclic) bond motifs is 1. The second-order valence-electron chi connectivity index (χ2n) is 5.88. The van der Waals surface area contributed by atoms with Crippen LogP contribution in [0, 0.1) is 0 Å². The lowest BCUT2D eigenvalue weighted by Crippen LogP contribution is -2.43. The number of hydrogen-bond donors (Lipinski definition) is 1. The quantitative estimate of drug-likeness (QED) is 0.736. The molecule has 0 aromatic heterocycles. The number of urea groups is 1. The maximum Gasteiger partial charge on any atom is 0.321 e. The molecule has 1 heterocycles. The van der Waals surface area contributed by atoms with Crippen molar-refractivity contribution in [3.05, 3.63) is 29.8 Å². The van der Waals surface area contributed by atoms with E-state index in [1.54, 1.807) is 0 Å². The van der Waals surface area contributed by atoms with Gasteiger partial charge in [-0.2, -0.15) is 0 Å². The third-order valence-corrected chi connectivity index (χ3v) is 4.16. The normalized spacial score (nSPS) is 13.9. The summed E-state index contributed by atoms with van der Waals surface area (Å²) >= 11 is 0. The van der Waals surface area contributed by atoms with Crippen LogP contribution in [-0.4, -0.2) is 19.1 Å². The van der Waals surface area contributed by atoms with E-state index in [1.165, 1.54) is 37.7 Å². The van der Waals surface area contributed by atoms with Crippen molar-refractivity contribution < 1.29 is 4.79 Å². The number of unbranched alkanes of at least 4 members (excludes halogenated alkanes) is 5. The van der Waals surface area contributed by atoms with Crippen LogP contribution >= 0.6 is 0 Å². The summed E-state index contributed by atoms with van der Waals surface area (Å²) in [5.74, 6) is 0. The van der Waals surface area contributed by atoms with Gasteiger partial charge in [0.25, 0.3) is 0 Å². The highest BCUT2D eigenvalue weighted by molar-refractivity contribution is 5.93. The van der Waals surface area contributed by atoms with Crippen LogP contribution < -0.4 is 10.2 Å². The molecule has 3 nitrogen and oxygen atoms in total.